The standard InChI is InChI=1S/C15H14Cl2N2O3S/c1-10(20)19-12-5-7-13(8-6-12)23(21,22)18-9-11-3-2-4-14(16)15(11)17/h2-8,18H,9H2,1H3,(H,19,20). The molecule has 2 aromatic carbocycles. The number of rotatable bonds is 5. The van der Waals surface area contributed by atoms with E-state index in [9.17, 15) is 13.2 Å². The van der Waals surface area contributed by atoms with Crippen LogP contribution in [0.3, 0.4) is 0 Å². The SMILES string of the molecule is CC(=O)Nc1ccc(S(=O)(=O)NCc2cccc(Cl)c2Cl)cc1. The van der Waals surface area contributed by atoms with Gasteiger partial charge in [-0.3, -0.25) is 4.79 Å². The molecular formula is C15H14Cl2N2O3S. The molecule has 0 saturated heterocycles. The van der Waals surface area contributed by atoms with Gasteiger partial charge in [0, 0.05) is 19.2 Å². The predicted octanol–water partition coefficient (Wildman–Crippen LogP) is 3.43. The molecule has 0 aliphatic rings. The van der Waals surface area contributed by atoms with Crippen LogP contribution in [-0.2, 0) is 21.4 Å². The zero-order valence-electron chi connectivity index (χ0n) is 12.1. The van der Waals surface area contributed by atoms with Crippen molar-refractivity contribution >= 4 is 44.8 Å². The molecular weight excluding hydrogens is 359 g/mol. The minimum absolute atomic E-state index is 0.0230. The van der Waals surface area contributed by atoms with E-state index in [0.29, 0.717) is 21.3 Å². The maximum Gasteiger partial charge on any atom is 0.240 e. The highest BCUT2D eigenvalue weighted by atomic mass is 35.5. The third-order valence-electron chi connectivity index (χ3n) is 2.97. The van der Waals surface area contributed by atoms with Gasteiger partial charge in [0.05, 0.1) is 14.9 Å². The normalized spacial score (nSPS) is 11.3. The number of hydrogen-bond donors (Lipinski definition) is 2. The van der Waals surface area contributed by atoms with Crippen LogP contribution in [0.5, 0.6) is 0 Å². The summed E-state index contributed by atoms with van der Waals surface area (Å²) in [6.45, 7) is 1.40. The van der Waals surface area contributed by atoms with Gasteiger partial charge in [0.1, 0.15) is 0 Å². The van der Waals surface area contributed by atoms with E-state index in [1.807, 2.05) is 0 Å². The molecule has 122 valence electrons. The van der Waals surface area contributed by atoms with Crippen LogP contribution >= 0.6 is 23.2 Å². The molecule has 0 fully saturated rings. The van der Waals surface area contributed by atoms with E-state index in [2.05, 4.69) is 10.0 Å². The van der Waals surface area contributed by atoms with E-state index in [1.54, 1.807) is 18.2 Å². The molecule has 0 heterocycles. The summed E-state index contributed by atoms with van der Waals surface area (Å²) in [4.78, 5) is 11.0. The summed E-state index contributed by atoms with van der Waals surface area (Å²) < 4.78 is 27.0. The first-order valence-electron chi connectivity index (χ1n) is 6.60. The van der Waals surface area contributed by atoms with E-state index in [0.717, 1.165) is 0 Å². The molecule has 0 aliphatic carbocycles. The minimum atomic E-state index is -3.70. The van der Waals surface area contributed by atoms with Gasteiger partial charge >= 0.3 is 0 Å². The second kappa shape index (κ2) is 7.31. The van der Waals surface area contributed by atoms with Crippen molar-refractivity contribution in [2.45, 2.75) is 18.4 Å². The highest BCUT2D eigenvalue weighted by Gasteiger charge is 2.15. The van der Waals surface area contributed by atoms with Gasteiger partial charge in [-0.1, -0.05) is 35.3 Å². The molecule has 8 heteroatoms. The Kier molecular flexibility index (Phi) is 5.64. The van der Waals surface area contributed by atoms with Gasteiger partial charge in [-0.25, -0.2) is 13.1 Å². The number of hydrogen-bond acceptors (Lipinski definition) is 3. The number of carbonyl (C=O) groups is 1. The number of sulfonamides is 1. The second-order valence-corrected chi connectivity index (χ2v) is 7.30. The Morgan fingerprint density at radius 3 is 2.35 bits per heavy atom. The van der Waals surface area contributed by atoms with Gasteiger partial charge in [-0.15, -0.1) is 0 Å². The van der Waals surface area contributed by atoms with E-state index in [-0.39, 0.29) is 17.3 Å². The van der Waals surface area contributed by atoms with Gasteiger partial charge in [0.15, 0.2) is 0 Å². The Morgan fingerprint density at radius 2 is 1.74 bits per heavy atom. The summed E-state index contributed by atoms with van der Waals surface area (Å²) in [5.74, 6) is -0.227. The molecule has 0 aromatic heterocycles. The Labute approximate surface area is 144 Å². The van der Waals surface area contributed by atoms with E-state index >= 15 is 0 Å². The molecule has 0 saturated carbocycles. The van der Waals surface area contributed by atoms with Crippen LogP contribution in [0.25, 0.3) is 0 Å². The van der Waals surface area contributed by atoms with Crippen molar-refractivity contribution in [2.75, 3.05) is 5.32 Å². The van der Waals surface area contributed by atoms with Crippen molar-refractivity contribution in [3.8, 4) is 0 Å². The molecule has 0 aliphatic heterocycles. The zero-order valence-corrected chi connectivity index (χ0v) is 14.5. The summed E-state index contributed by atoms with van der Waals surface area (Å²) >= 11 is 11.9. The predicted molar refractivity (Wildman–Crippen MR) is 91.2 cm³/mol. The number of benzene rings is 2. The summed E-state index contributed by atoms with van der Waals surface area (Å²) in [6, 6.07) is 10.9. The number of nitrogens with one attached hydrogen (secondary N) is 2. The Balaban J connectivity index is 2.12. The van der Waals surface area contributed by atoms with Crippen molar-refractivity contribution in [1.82, 2.24) is 4.72 Å². The average molecular weight is 373 g/mol. The monoisotopic (exact) mass is 372 g/mol. The highest BCUT2D eigenvalue weighted by Crippen LogP contribution is 2.25. The Morgan fingerprint density at radius 1 is 1.09 bits per heavy atom. The smallest absolute Gasteiger partial charge is 0.240 e. The quantitative estimate of drug-likeness (QED) is 0.843. The van der Waals surface area contributed by atoms with Crippen molar-refractivity contribution in [3.05, 3.63) is 58.1 Å². The highest BCUT2D eigenvalue weighted by molar-refractivity contribution is 7.89. The van der Waals surface area contributed by atoms with E-state index in [1.165, 1.54) is 31.2 Å². The largest absolute Gasteiger partial charge is 0.326 e. The molecule has 0 bridgehead atoms. The van der Waals surface area contributed by atoms with Crippen molar-refractivity contribution in [3.63, 3.8) is 0 Å². The second-order valence-electron chi connectivity index (χ2n) is 4.74. The fraction of sp³-hybridized carbons (Fsp3) is 0.133. The lowest BCUT2D eigenvalue weighted by Gasteiger charge is -2.09. The lowest BCUT2D eigenvalue weighted by molar-refractivity contribution is -0.114. The first kappa shape index (κ1) is 17.7. The fourth-order valence-corrected chi connectivity index (χ4v) is 3.26. The number of anilines is 1. The molecule has 5 nitrogen and oxygen atoms in total. The van der Waals surface area contributed by atoms with Crippen LogP contribution < -0.4 is 10.0 Å². The summed E-state index contributed by atoms with van der Waals surface area (Å²) in [6.07, 6.45) is 0. The third kappa shape index (κ3) is 4.68. The molecule has 1 amide bonds. The summed E-state index contributed by atoms with van der Waals surface area (Å²) in [5.41, 5.74) is 1.10. The maximum absolute atomic E-state index is 12.3. The molecule has 0 atom stereocenters. The van der Waals surface area contributed by atoms with Gasteiger partial charge in [0.2, 0.25) is 15.9 Å². The van der Waals surface area contributed by atoms with Crippen LogP contribution in [0.1, 0.15) is 12.5 Å². The third-order valence-corrected chi connectivity index (χ3v) is 5.24. The summed E-state index contributed by atoms with van der Waals surface area (Å²) in [5, 5.41) is 3.25. The van der Waals surface area contributed by atoms with Crippen LogP contribution in [-0.4, -0.2) is 14.3 Å². The molecule has 23 heavy (non-hydrogen) atoms. The molecule has 0 spiro atoms. The van der Waals surface area contributed by atoms with Crippen molar-refractivity contribution < 1.29 is 13.2 Å². The van der Waals surface area contributed by atoms with Gasteiger partial charge < -0.3 is 5.32 Å². The number of carbonyl (C=O) groups excluding carboxylic acids is 1. The summed E-state index contributed by atoms with van der Waals surface area (Å²) in [7, 11) is -3.70. The van der Waals surface area contributed by atoms with Crippen molar-refractivity contribution in [2.24, 2.45) is 0 Å². The lowest BCUT2D eigenvalue weighted by atomic mass is 10.2. The van der Waals surface area contributed by atoms with E-state index < -0.39 is 10.0 Å². The molecule has 2 rings (SSSR count). The minimum Gasteiger partial charge on any atom is -0.326 e. The average Bonchev–Trinajstić information content (AvgIpc) is 2.49. The molecule has 2 aromatic rings. The Bertz CT molecular complexity index is 821. The van der Waals surface area contributed by atoms with E-state index in [4.69, 9.17) is 23.2 Å². The maximum atomic E-state index is 12.3. The first-order valence-corrected chi connectivity index (χ1v) is 8.84. The van der Waals surface area contributed by atoms with Gasteiger partial charge in [0.25, 0.3) is 0 Å². The van der Waals surface area contributed by atoms with Crippen LogP contribution in [0, 0.1) is 0 Å². The van der Waals surface area contributed by atoms with Crippen LogP contribution in [0.4, 0.5) is 5.69 Å². The Hall–Kier alpha value is -1.60. The molecule has 0 radical (unpaired) electrons. The van der Waals surface area contributed by atoms with Crippen molar-refractivity contribution in [1.29, 1.82) is 0 Å². The van der Waals surface area contributed by atoms with Gasteiger partial charge in [-0.05, 0) is 35.9 Å². The molecule has 0 unspecified atom stereocenters. The van der Waals surface area contributed by atoms with Gasteiger partial charge in [-0.2, -0.15) is 0 Å². The zero-order chi connectivity index (χ0) is 17.0. The topological polar surface area (TPSA) is 75.3 Å². The number of halogens is 2. The fourth-order valence-electron chi connectivity index (χ4n) is 1.86. The number of amides is 1. The molecule has 2 N–H and O–H groups in total. The first-order chi connectivity index (χ1) is 10.8. The van der Waals surface area contributed by atoms with Crippen LogP contribution in [0.2, 0.25) is 10.0 Å². The van der Waals surface area contributed by atoms with Crippen LogP contribution in [0.15, 0.2) is 47.4 Å². The lowest BCUT2D eigenvalue weighted by Crippen LogP contribution is -2.23.